The molecule has 3 heteroatoms. The Bertz CT molecular complexity index is 452. The highest BCUT2D eigenvalue weighted by atomic mass is 16.1. The fraction of sp³-hybridized carbons (Fsp3) is 0.611. The first-order valence-corrected chi connectivity index (χ1v) is 8.25. The maximum Gasteiger partial charge on any atom is 0.220 e. The fourth-order valence-corrected chi connectivity index (χ4v) is 3.21. The van der Waals surface area contributed by atoms with E-state index in [-0.39, 0.29) is 5.91 Å². The van der Waals surface area contributed by atoms with Gasteiger partial charge in [-0.3, -0.25) is 4.79 Å². The van der Waals surface area contributed by atoms with Gasteiger partial charge in [-0.2, -0.15) is 0 Å². The van der Waals surface area contributed by atoms with Crippen LogP contribution in [0.4, 0.5) is 0 Å². The van der Waals surface area contributed by atoms with E-state index in [0.29, 0.717) is 24.8 Å². The number of hydrogen-bond acceptors (Lipinski definition) is 2. The average Bonchev–Trinajstić information content (AvgIpc) is 2.54. The number of amides is 1. The topological polar surface area (TPSA) is 41.1 Å². The number of piperidine rings is 1. The van der Waals surface area contributed by atoms with Crippen molar-refractivity contribution in [2.75, 3.05) is 13.1 Å². The number of benzene rings is 1. The van der Waals surface area contributed by atoms with Crippen LogP contribution in [0, 0.1) is 11.8 Å². The summed E-state index contributed by atoms with van der Waals surface area (Å²) in [7, 11) is 0. The summed E-state index contributed by atoms with van der Waals surface area (Å²) >= 11 is 0. The molecular weight excluding hydrogens is 260 g/mol. The van der Waals surface area contributed by atoms with E-state index in [1.807, 2.05) is 6.07 Å². The minimum absolute atomic E-state index is 0.187. The van der Waals surface area contributed by atoms with Gasteiger partial charge in [0.1, 0.15) is 0 Å². The summed E-state index contributed by atoms with van der Waals surface area (Å²) in [5, 5.41) is 6.47. The normalized spacial score (nSPS) is 17.4. The van der Waals surface area contributed by atoms with Crippen LogP contribution in [-0.4, -0.2) is 19.0 Å². The van der Waals surface area contributed by atoms with Gasteiger partial charge in [-0.25, -0.2) is 0 Å². The van der Waals surface area contributed by atoms with Crippen LogP contribution < -0.4 is 10.6 Å². The Morgan fingerprint density at radius 2 is 1.95 bits per heavy atom. The number of carbonyl (C=O) groups excluding carboxylic acids is 1. The van der Waals surface area contributed by atoms with Crippen molar-refractivity contribution >= 4 is 5.91 Å². The molecule has 1 saturated heterocycles. The molecule has 0 spiro atoms. The van der Waals surface area contributed by atoms with Crippen LogP contribution >= 0.6 is 0 Å². The van der Waals surface area contributed by atoms with Gasteiger partial charge in [0.15, 0.2) is 0 Å². The Hall–Kier alpha value is -1.35. The highest BCUT2D eigenvalue weighted by molar-refractivity contribution is 5.76. The molecule has 116 valence electrons. The first kappa shape index (κ1) is 16.0. The minimum Gasteiger partial charge on any atom is -0.352 e. The lowest BCUT2D eigenvalue weighted by atomic mass is 9.84. The molecule has 0 saturated carbocycles. The monoisotopic (exact) mass is 288 g/mol. The summed E-state index contributed by atoms with van der Waals surface area (Å²) in [5.41, 5.74) is 2.56. The molecule has 1 aliphatic heterocycles. The second-order valence-corrected chi connectivity index (χ2v) is 6.17. The second-order valence-electron chi connectivity index (χ2n) is 6.17. The van der Waals surface area contributed by atoms with Crippen molar-refractivity contribution in [2.24, 2.45) is 11.8 Å². The van der Waals surface area contributed by atoms with Crippen LogP contribution in [0.5, 0.6) is 0 Å². The largest absolute Gasteiger partial charge is 0.352 e. The molecule has 1 aromatic carbocycles. The molecule has 21 heavy (non-hydrogen) atoms. The molecule has 3 nitrogen and oxygen atoms in total. The zero-order chi connectivity index (χ0) is 15.1. The number of rotatable bonds is 6. The quantitative estimate of drug-likeness (QED) is 0.845. The van der Waals surface area contributed by atoms with Gasteiger partial charge in [0.05, 0.1) is 0 Å². The molecule has 2 rings (SSSR count). The van der Waals surface area contributed by atoms with Crippen molar-refractivity contribution in [3.05, 3.63) is 35.4 Å². The van der Waals surface area contributed by atoms with E-state index in [4.69, 9.17) is 0 Å². The van der Waals surface area contributed by atoms with E-state index in [1.165, 1.54) is 24.0 Å². The Balaban J connectivity index is 1.78. The lowest BCUT2D eigenvalue weighted by molar-refractivity contribution is -0.122. The van der Waals surface area contributed by atoms with Gasteiger partial charge in [0.25, 0.3) is 0 Å². The van der Waals surface area contributed by atoms with Gasteiger partial charge >= 0.3 is 0 Å². The molecule has 0 aliphatic carbocycles. The Kier molecular flexibility index (Phi) is 6.24. The zero-order valence-corrected chi connectivity index (χ0v) is 13.3. The van der Waals surface area contributed by atoms with Crippen LogP contribution in [0.25, 0.3) is 0 Å². The van der Waals surface area contributed by atoms with Crippen molar-refractivity contribution in [1.29, 1.82) is 0 Å². The number of carbonyl (C=O) groups is 1. The number of hydrogen-bond donors (Lipinski definition) is 2. The van der Waals surface area contributed by atoms with Gasteiger partial charge in [-0.05, 0) is 55.3 Å². The SMILES string of the molecule is CCc1ccccc1CNC(=O)CC(C)C1CCNCC1. The van der Waals surface area contributed by atoms with E-state index in [1.54, 1.807) is 0 Å². The Morgan fingerprint density at radius 1 is 1.29 bits per heavy atom. The van der Waals surface area contributed by atoms with Crippen molar-refractivity contribution < 1.29 is 4.79 Å². The van der Waals surface area contributed by atoms with Crippen LogP contribution in [0.2, 0.25) is 0 Å². The minimum atomic E-state index is 0.187. The molecule has 0 radical (unpaired) electrons. The smallest absolute Gasteiger partial charge is 0.220 e. The van der Waals surface area contributed by atoms with Gasteiger partial charge < -0.3 is 10.6 Å². The van der Waals surface area contributed by atoms with Crippen molar-refractivity contribution in [3.8, 4) is 0 Å². The summed E-state index contributed by atoms with van der Waals surface area (Å²) in [6, 6.07) is 8.34. The molecule has 1 aliphatic rings. The molecule has 1 amide bonds. The van der Waals surface area contributed by atoms with E-state index >= 15 is 0 Å². The molecule has 1 unspecified atom stereocenters. The highest BCUT2D eigenvalue weighted by Crippen LogP contribution is 2.24. The molecule has 0 bridgehead atoms. The Labute approximate surface area is 128 Å². The third kappa shape index (κ3) is 4.85. The van der Waals surface area contributed by atoms with Crippen LogP contribution in [-0.2, 0) is 17.8 Å². The van der Waals surface area contributed by atoms with Gasteiger partial charge in [0, 0.05) is 13.0 Å². The molecule has 1 aromatic rings. The number of aryl methyl sites for hydroxylation is 1. The summed E-state index contributed by atoms with van der Waals surface area (Å²) in [6.45, 7) is 7.22. The van der Waals surface area contributed by atoms with E-state index in [2.05, 4.69) is 42.7 Å². The summed E-state index contributed by atoms with van der Waals surface area (Å²) in [6.07, 6.45) is 4.07. The van der Waals surface area contributed by atoms with Crippen LogP contribution in [0.3, 0.4) is 0 Å². The molecule has 1 heterocycles. The molecule has 0 aromatic heterocycles. The van der Waals surface area contributed by atoms with Gasteiger partial charge in [0.2, 0.25) is 5.91 Å². The molecule has 1 atom stereocenters. The van der Waals surface area contributed by atoms with Crippen molar-refractivity contribution in [3.63, 3.8) is 0 Å². The summed E-state index contributed by atoms with van der Waals surface area (Å²) < 4.78 is 0. The van der Waals surface area contributed by atoms with Gasteiger partial charge in [-0.15, -0.1) is 0 Å². The maximum absolute atomic E-state index is 12.1. The van der Waals surface area contributed by atoms with E-state index in [9.17, 15) is 4.79 Å². The van der Waals surface area contributed by atoms with Crippen molar-refractivity contribution in [2.45, 2.75) is 46.1 Å². The predicted molar refractivity (Wildman–Crippen MR) is 87.0 cm³/mol. The van der Waals surface area contributed by atoms with Gasteiger partial charge in [-0.1, -0.05) is 38.1 Å². The molecule has 2 N–H and O–H groups in total. The average molecular weight is 288 g/mol. The van der Waals surface area contributed by atoms with E-state index < -0.39 is 0 Å². The summed E-state index contributed by atoms with van der Waals surface area (Å²) in [5.74, 6) is 1.36. The first-order valence-electron chi connectivity index (χ1n) is 8.25. The number of nitrogens with one attached hydrogen (secondary N) is 2. The van der Waals surface area contributed by atoms with E-state index in [0.717, 1.165) is 19.5 Å². The lowest BCUT2D eigenvalue weighted by Gasteiger charge is -2.27. The highest BCUT2D eigenvalue weighted by Gasteiger charge is 2.21. The van der Waals surface area contributed by atoms with Crippen LogP contribution in [0.15, 0.2) is 24.3 Å². The Morgan fingerprint density at radius 3 is 2.62 bits per heavy atom. The zero-order valence-electron chi connectivity index (χ0n) is 13.3. The third-order valence-corrected chi connectivity index (χ3v) is 4.67. The molecular formula is C18H28N2O. The van der Waals surface area contributed by atoms with Crippen molar-refractivity contribution in [1.82, 2.24) is 10.6 Å². The molecule has 1 fully saturated rings. The standard InChI is InChI=1S/C18H28N2O/c1-3-15-6-4-5-7-17(15)13-20-18(21)12-14(2)16-8-10-19-11-9-16/h4-7,14,16,19H,3,8-13H2,1-2H3,(H,20,21). The lowest BCUT2D eigenvalue weighted by Crippen LogP contribution is -2.33. The summed E-state index contributed by atoms with van der Waals surface area (Å²) in [4.78, 5) is 12.1. The maximum atomic E-state index is 12.1. The second kappa shape index (κ2) is 8.18. The predicted octanol–water partition coefficient (Wildman–Crippen LogP) is 2.89. The van der Waals surface area contributed by atoms with Crippen LogP contribution in [0.1, 0.15) is 44.2 Å². The fourth-order valence-electron chi connectivity index (χ4n) is 3.21. The third-order valence-electron chi connectivity index (χ3n) is 4.67. The first-order chi connectivity index (χ1) is 10.2.